The first-order valence-electron chi connectivity index (χ1n) is 5.82. The van der Waals surface area contributed by atoms with E-state index in [1.54, 1.807) is 7.05 Å². The van der Waals surface area contributed by atoms with Crippen molar-refractivity contribution in [1.82, 2.24) is 10.0 Å². The van der Waals surface area contributed by atoms with Crippen molar-refractivity contribution in [2.45, 2.75) is 16.2 Å². The fourth-order valence-corrected chi connectivity index (χ4v) is 3.37. The van der Waals surface area contributed by atoms with Gasteiger partial charge in [0.1, 0.15) is 10.7 Å². The number of nitrogens with one attached hydrogen (secondary N) is 2. The molecule has 0 heterocycles. The predicted octanol–water partition coefficient (Wildman–Crippen LogP) is 0.117. The Labute approximate surface area is 118 Å². The van der Waals surface area contributed by atoms with Gasteiger partial charge in [0.25, 0.3) is 0 Å². The smallest absolute Gasteiger partial charge is 0.243 e. The SMILES string of the molecule is CNCCCNS(=O)(=O)c1cc(S(C)(=O)=O)ccc1F. The van der Waals surface area contributed by atoms with E-state index < -0.39 is 30.6 Å². The van der Waals surface area contributed by atoms with Gasteiger partial charge in [-0.25, -0.2) is 25.9 Å². The molecule has 0 amide bonds. The molecule has 0 radical (unpaired) electrons. The molecule has 20 heavy (non-hydrogen) atoms. The van der Waals surface area contributed by atoms with Crippen molar-refractivity contribution < 1.29 is 21.2 Å². The second-order valence-corrected chi connectivity index (χ2v) is 7.97. The van der Waals surface area contributed by atoms with E-state index in [4.69, 9.17) is 0 Å². The van der Waals surface area contributed by atoms with Gasteiger partial charge in [0.05, 0.1) is 4.90 Å². The number of sulfonamides is 1. The number of hydrogen-bond acceptors (Lipinski definition) is 5. The summed E-state index contributed by atoms with van der Waals surface area (Å²) in [6.45, 7) is 0.736. The fourth-order valence-electron chi connectivity index (χ4n) is 1.47. The molecule has 0 aliphatic heterocycles. The van der Waals surface area contributed by atoms with E-state index in [9.17, 15) is 21.2 Å². The van der Waals surface area contributed by atoms with Crippen LogP contribution < -0.4 is 10.0 Å². The number of benzene rings is 1. The first-order valence-corrected chi connectivity index (χ1v) is 9.20. The molecule has 0 saturated carbocycles. The summed E-state index contributed by atoms with van der Waals surface area (Å²) < 4.78 is 62.4. The minimum atomic E-state index is -4.07. The molecule has 0 spiro atoms. The standard InChI is InChI=1S/C11H17FN2O4S2/c1-13-6-3-7-14-20(17,18)11-8-9(19(2,15)16)4-5-10(11)12/h4-5,8,13-14H,3,6-7H2,1-2H3. The molecule has 0 aliphatic carbocycles. The second kappa shape index (κ2) is 6.61. The van der Waals surface area contributed by atoms with Crippen molar-refractivity contribution in [3.63, 3.8) is 0 Å². The summed E-state index contributed by atoms with van der Waals surface area (Å²) in [6, 6.07) is 2.69. The molecule has 0 unspecified atom stereocenters. The van der Waals surface area contributed by atoms with Crippen LogP contribution in [0.1, 0.15) is 6.42 Å². The van der Waals surface area contributed by atoms with E-state index >= 15 is 0 Å². The highest BCUT2D eigenvalue weighted by atomic mass is 32.2. The molecule has 0 saturated heterocycles. The summed E-state index contributed by atoms with van der Waals surface area (Å²) in [5, 5.41) is 2.85. The van der Waals surface area contributed by atoms with Crippen molar-refractivity contribution in [3.8, 4) is 0 Å². The maximum Gasteiger partial charge on any atom is 0.243 e. The molecule has 9 heteroatoms. The Balaban J connectivity index is 3.05. The Kier molecular flexibility index (Phi) is 5.63. The van der Waals surface area contributed by atoms with Crippen molar-refractivity contribution in [1.29, 1.82) is 0 Å². The van der Waals surface area contributed by atoms with Gasteiger partial charge < -0.3 is 5.32 Å². The van der Waals surface area contributed by atoms with E-state index in [-0.39, 0.29) is 11.4 Å². The van der Waals surface area contributed by atoms with Crippen LogP contribution in [0, 0.1) is 5.82 Å². The van der Waals surface area contributed by atoms with Gasteiger partial charge >= 0.3 is 0 Å². The highest BCUT2D eigenvalue weighted by Crippen LogP contribution is 2.19. The first-order chi connectivity index (χ1) is 9.18. The van der Waals surface area contributed by atoms with Gasteiger partial charge in [-0.2, -0.15) is 0 Å². The maximum atomic E-state index is 13.6. The van der Waals surface area contributed by atoms with Crippen LogP contribution in [0.4, 0.5) is 4.39 Å². The van der Waals surface area contributed by atoms with Crippen molar-refractivity contribution in [2.24, 2.45) is 0 Å². The average Bonchev–Trinajstić information content (AvgIpc) is 2.33. The lowest BCUT2D eigenvalue weighted by molar-refractivity contribution is 0.552. The lowest BCUT2D eigenvalue weighted by atomic mass is 10.3. The van der Waals surface area contributed by atoms with E-state index in [0.717, 1.165) is 24.5 Å². The molecule has 1 aromatic rings. The molecule has 2 N–H and O–H groups in total. The Morgan fingerprint density at radius 3 is 2.35 bits per heavy atom. The van der Waals surface area contributed by atoms with Gasteiger partial charge in [-0.1, -0.05) is 0 Å². The Hall–Kier alpha value is -1.03. The van der Waals surface area contributed by atoms with Crippen molar-refractivity contribution in [3.05, 3.63) is 24.0 Å². The Morgan fingerprint density at radius 2 is 1.80 bits per heavy atom. The highest BCUT2D eigenvalue weighted by molar-refractivity contribution is 7.91. The van der Waals surface area contributed by atoms with E-state index in [0.29, 0.717) is 13.0 Å². The molecule has 0 aromatic heterocycles. The molecule has 1 aromatic carbocycles. The van der Waals surface area contributed by atoms with Crippen LogP contribution in [0.3, 0.4) is 0 Å². The third-order valence-corrected chi connectivity index (χ3v) is 5.10. The minimum absolute atomic E-state index is 0.131. The summed E-state index contributed by atoms with van der Waals surface area (Å²) in [7, 11) is -5.95. The van der Waals surface area contributed by atoms with Crippen molar-refractivity contribution >= 4 is 19.9 Å². The summed E-state index contributed by atoms with van der Waals surface area (Å²) >= 11 is 0. The van der Waals surface area contributed by atoms with Crippen LogP contribution in [0.2, 0.25) is 0 Å². The zero-order valence-corrected chi connectivity index (χ0v) is 12.8. The summed E-state index contributed by atoms with van der Waals surface area (Å²) in [4.78, 5) is -0.903. The lowest BCUT2D eigenvalue weighted by Crippen LogP contribution is -2.27. The average molecular weight is 324 g/mol. The molecular weight excluding hydrogens is 307 g/mol. The third-order valence-electron chi connectivity index (χ3n) is 2.52. The van der Waals surface area contributed by atoms with Gasteiger partial charge in [-0.15, -0.1) is 0 Å². The molecule has 0 fully saturated rings. The zero-order chi connectivity index (χ0) is 15.4. The van der Waals surface area contributed by atoms with Crippen LogP contribution in [-0.2, 0) is 19.9 Å². The Morgan fingerprint density at radius 1 is 1.15 bits per heavy atom. The van der Waals surface area contributed by atoms with Crippen LogP contribution in [0.25, 0.3) is 0 Å². The molecule has 114 valence electrons. The minimum Gasteiger partial charge on any atom is -0.320 e. The van der Waals surface area contributed by atoms with E-state index in [2.05, 4.69) is 10.0 Å². The molecule has 0 atom stereocenters. The van der Waals surface area contributed by atoms with Gasteiger partial charge in [-0.3, -0.25) is 0 Å². The van der Waals surface area contributed by atoms with Gasteiger partial charge in [-0.05, 0) is 38.2 Å². The van der Waals surface area contributed by atoms with Gasteiger partial charge in [0.15, 0.2) is 9.84 Å². The first kappa shape index (κ1) is 17.0. The lowest BCUT2D eigenvalue weighted by Gasteiger charge is -2.09. The quantitative estimate of drug-likeness (QED) is 0.549. The molecule has 1 rings (SSSR count). The Bertz CT molecular complexity index is 672. The largest absolute Gasteiger partial charge is 0.320 e. The zero-order valence-electron chi connectivity index (χ0n) is 11.2. The van der Waals surface area contributed by atoms with Crippen LogP contribution in [0.15, 0.2) is 28.0 Å². The maximum absolute atomic E-state index is 13.6. The predicted molar refractivity (Wildman–Crippen MR) is 73.2 cm³/mol. The number of hydrogen-bond donors (Lipinski definition) is 2. The number of halogens is 1. The monoisotopic (exact) mass is 324 g/mol. The number of rotatable bonds is 7. The van der Waals surface area contributed by atoms with Gasteiger partial charge in [0, 0.05) is 12.8 Å². The van der Waals surface area contributed by atoms with E-state index in [1.807, 2.05) is 0 Å². The highest BCUT2D eigenvalue weighted by Gasteiger charge is 2.21. The van der Waals surface area contributed by atoms with E-state index in [1.165, 1.54) is 0 Å². The normalized spacial score (nSPS) is 12.6. The van der Waals surface area contributed by atoms with Crippen LogP contribution in [-0.4, -0.2) is 43.2 Å². The summed E-state index contributed by atoms with van der Waals surface area (Å²) in [5.74, 6) is -0.987. The van der Waals surface area contributed by atoms with Gasteiger partial charge in [0.2, 0.25) is 10.0 Å². The van der Waals surface area contributed by atoms with Crippen molar-refractivity contribution in [2.75, 3.05) is 26.4 Å². The molecule has 6 nitrogen and oxygen atoms in total. The molecule has 0 bridgehead atoms. The number of sulfone groups is 1. The summed E-state index contributed by atoms with van der Waals surface area (Å²) in [6.07, 6.45) is 1.46. The second-order valence-electron chi connectivity index (χ2n) is 4.22. The topological polar surface area (TPSA) is 92.3 Å². The third kappa shape index (κ3) is 4.51. The summed E-state index contributed by atoms with van der Waals surface area (Å²) in [5.41, 5.74) is 0. The van der Waals surface area contributed by atoms with Crippen LogP contribution >= 0.6 is 0 Å². The molecular formula is C11H17FN2O4S2. The molecule has 0 aliphatic rings. The fraction of sp³-hybridized carbons (Fsp3) is 0.455. The van der Waals surface area contributed by atoms with Crippen LogP contribution in [0.5, 0.6) is 0 Å².